The maximum Gasteiger partial charge on any atom is 0.243 e. The number of rotatable bonds is 3. The number of hydrogen-bond acceptors (Lipinski definition) is 4. The summed E-state index contributed by atoms with van der Waals surface area (Å²) in [7, 11) is -3.43. The first-order valence-electron chi connectivity index (χ1n) is 6.55. The van der Waals surface area contributed by atoms with E-state index in [1.54, 1.807) is 0 Å². The van der Waals surface area contributed by atoms with Crippen LogP contribution < -0.4 is 4.72 Å². The van der Waals surface area contributed by atoms with E-state index in [1.165, 1.54) is 12.4 Å². The summed E-state index contributed by atoms with van der Waals surface area (Å²) in [5, 5.41) is 6.20. The topological polar surface area (TPSA) is 78.1 Å². The van der Waals surface area contributed by atoms with Crippen LogP contribution in [0.3, 0.4) is 0 Å². The molecule has 0 amide bonds. The van der Waals surface area contributed by atoms with Crippen LogP contribution in [-0.2, 0) is 10.0 Å². The molecule has 1 aliphatic heterocycles. The number of likely N-dealkylation sites (tertiary alicyclic amines) is 1. The first-order chi connectivity index (χ1) is 8.79. The van der Waals surface area contributed by atoms with E-state index in [0.29, 0.717) is 0 Å². The number of aromatic nitrogens is 2. The summed E-state index contributed by atoms with van der Waals surface area (Å²) >= 11 is 0. The second-order valence-corrected chi connectivity index (χ2v) is 7.70. The fourth-order valence-corrected chi connectivity index (χ4v) is 3.55. The Balaban J connectivity index is 1.93. The Bertz CT molecular complexity index is 496. The minimum Gasteiger partial charge on any atom is -0.298 e. The van der Waals surface area contributed by atoms with Gasteiger partial charge in [-0.3, -0.25) is 10.00 Å². The predicted molar refractivity (Wildman–Crippen MR) is 73.3 cm³/mol. The standard InChI is InChI=1S/C12H22N4O2S/c1-12(2,3)16-6-4-10(5-7-16)15-19(17,18)11-8-13-14-9-11/h8-10,15H,4-7H2,1-3H3,(H,13,14). The molecule has 0 aromatic carbocycles. The van der Waals surface area contributed by atoms with Crippen LogP contribution in [0.1, 0.15) is 33.6 Å². The van der Waals surface area contributed by atoms with Crippen molar-refractivity contribution in [2.75, 3.05) is 13.1 Å². The molecule has 1 aromatic rings. The van der Waals surface area contributed by atoms with Crippen molar-refractivity contribution in [1.29, 1.82) is 0 Å². The van der Waals surface area contributed by atoms with Gasteiger partial charge in [0.05, 0.1) is 6.20 Å². The third-order valence-corrected chi connectivity index (χ3v) is 5.04. The normalized spacial score (nSPS) is 19.7. The Hall–Kier alpha value is -0.920. The lowest BCUT2D eigenvalue weighted by molar-refractivity contribution is 0.100. The Morgan fingerprint density at radius 2 is 2.00 bits per heavy atom. The summed E-state index contributed by atoms with van der Waals surface area (Å²) in [5.41, 5.74) is 0.147. The van der Waals surface area contributed by atoms with Crippen LogP contribution in [-0.4, -0.2) is 48.2 Å². The molecule has 1 aromatic heterocycles. The summed E-state index contributed by atoms with van der Waals surface area (Å²) in [4.78, 5) is 2.58. The monoisotopic (exact) mass is 286 g/mol. The lowest BCUT2D eigenvalue weighted by atomic mass is 9.99. The van der Waals surface area contributed by atoms with Crippen LogP contribution in [0.25, 0.3) is 0 Å². The lowest BCUT2D eigenvalue weighted by Gasteiger charge is -2.40. The SMILES string of the molecule is CC(C)(C)N1CCC(NS(=O)(=O)c2cn[nH]c2)CC1. The van der Waals surface area contributed by atoms with Gasteiger partial charge in [0.1, 0.15) is 4.90 Å². The number of nitrogens with one attached hydrogen (secondary N) is 2. The van der Waals surface area contributed by atoms with E-state index in [-0.39, 0.29) is 16.5 Å². The first-order valence-corrected chi connectivity index (χ1v) is 8.03. The molecule has 0 unspecified atom stereocenters. The quantitative estimate of drug-likeness (QED) is 0.867. The van der Waals surface area contributed by atoms with Gasteiger partial charge in [0.15, 0.2) is 0 Å². The van der Waals surface area contributed by atoms with E-state index in [0.717, 1.165) is 25.9 Å². The second kappa shape index (κ2) is 5.22. The first kappa shape index (κ1) is 14.5. The predicted octanol–water partition coefficient (Wildman–Crippen LogP) is 0.951. The fraction of sp³-hybridized carbons (Fsp3) is 0.750. The van der Waals surface area contributed by atoms with Crippen molar-refractivity contribution in [3.05, 3.63) is 12.4 Å². The highest BCUT2D eigenvalue weighted by atomic mass is 32.2. The van der Waals surface area contributed by atoms with Gasteiger partial charge in [-0.2, -0.15) is 5.10 Å². The smallest absolute Gasteiger partial charge is 0.243 e. The zero-order chi connectivity index (χ0) is 14.1. The van der Waals surface area contributed by atoms with E-state index in [9.17, 15) is 8.42 Å². The van der Waals surface area contributed by atoms with Crippen LogP contribution >= 0.6 is 0 Å². The third kappa shape index (κ3) is 3.55. The molecule has 1 fully saturated rings. The molecule has 2 heterocycles. The van der Waals surface area contributed by atoms with Gasteiger partial charge in [0.2, 0.25) is 10.0 Å². The molecule has 6 nitrogen and oxygen atoms in total. The van der Waals surface area contributed by atoms with E-state index in [4.69, 9.17) is 0 Å². The maximum atomic E-state index is 12.1. The molecular weight excluding hydrogens is 264 g/mol. The Kier molecular flexibility index (Phi) is 3.98. The molecule has 1 saturated heterocycles. The van der Waals surface area contributed by atoms with Crippen LogP contribution in [0.15, 0.2) is 17.3 Å². The largest absolute Gasteiger partial charge is 0.298 e. The number of aromatic amines is 1. The Labute approximate surface area is 114 Å². The molecule has 0 atom stereocenters. The minimum absolute atomic E-state index is 0.0125. The van der Waals surface area contributed by atoms with Gasteiger partial charge in [-0.1, -0.05) is 0 Å². The van der Waals surface area contributed by atoms with Crippen molar-refractivity contribution in [1.82, 2.24) is 19.8 Å². The highest BCUT2D eigenvalue weighted by Gasteiger charge is 2.29. The molecular formula is C12H22N4O2S. The molecule has 1 aliphatic rings. The third-order valence-electron chi connectivity index (χ3n) is 3.55. The summed E-state index contributed by atoms with van der Waals surface area (Å²) < 4.78 is 26.9. The molecule has 0 spiro atoms. The minimum atomic E-state index is -3.43. The van der Waals surface area contributed by atoms with Gasteiger partial charge in [0, 0.05) is 30.9 Å². The number of H-pyrrole nitrogens is 1. The van der Waals surface area contributed by atoms with Crippen LogP contribution in [0.2, 0.25) is 0 Å². The zero-order valence-electron chi connectivity index (χ0n) is 11.7. The number of sulfonamides is 1. The molecule has 19 heavy (non-hydrogen) atoms. The van der Waals surface area contributed by atoms with E-state index < -0.39 is 10.0 Å². The lowest BCUT2D eigenvalue weighted by Crippen LogP contribution is -2.50. The second-order valence-electron chi connectivity index (χ2n) is 5.99. The molecule has 108 valence electrons. The summed E-state index contributed by atoms with van der Waals surface area (Å²) in [6.45, 7) is 8.39. The van der Waals surface area contributed by atoms with Crippen molar-refractivity contribution in [3.63, 3.8) is 0 Å². The van der Waals surface area contributed by atoms with Crippen LogP contribution in [0.5, 0.6) is 0 Å². The molecule has 0 aliphatic carbocycles. The molecule has 0 radical (unpaired) electrons. The summed E-state index contributed by atoms with van der Waals surface area (Å²) in [6.07, 6.45) is 4.40. The van der Waals surface area contributed by atoms with E-state index in [1.807, 2.05) is 0 Å². The van der Waals surface area contributed by atoms with Crippen molar-refractivity contribution in [2.24, 2.45) is 0 Å². The van der Waals surface area contributed by atoms with Gasteiger partial charge in [-0.05, 0) is 33.6 Å². The summed E-state index contributed by atoms with van der Waals surface area (Å²) in [6, 6.07) is 0.0125. The highest BCUT2D eigenvalue weighted by Crippen LogP contribution is 2.21. The van der Waals surface area contributed by atoms with Gasteiger partial charge in [0.25, 0.3) is 0 Å². The van der Waals surface area contributed by atoms with Crippen LogP contribution in [0, 0.1) is 0 Å². The van der Waals surface area contributed by atoms with Gasteiger partial charge < -0.3 is 0 Å². The van der Waals surface area contributed by atoms with Crippen molar-refractivity contribution >= 4 is 10.0 Å². The van der Waals surface area contributed by atoms with Crippen molar-refractivity contribution < 1.29 is 8.42 Å². The van der Waals surface area contributed by atoms with E-state index >= 15 is 0 Å². The molecule has 2 N–H and O–H groups in total. The van der Waals surface area contributed by atoms with Gasteiger partial charge in [-0.25, -0.2) is 13.1 Å². The molecule has 0 bridgehead atoms. The number of nitrogens with zero attached hydrogens (tertiary/aromatic N) is 2. The summed E-state index contributed by atoms with van der Waals surface area (Å²) in [5.74, 6) is 0. The fourth-order valence-electron chi connectivity index (χ4n) is 2.34. The number of piperidine rings is 1. The van der Waals surface area contributed by atoms with Crippen molar-refractivity contribution in [3.8, 4) is 0 Å². The van der Waals surface area contributed by atoms with Crippen LogP contribution in [0.4, 0.5) is 0 Å². The van der Waals surface area contributed by atoms with Gasteiger partial charge in [-0.15, -0.1) is 0 Å². The molecule has 7 heteroatoms. The zero-order valence-corrected chi connectivity index (χ0v) is 12.5. The van der Waals surface area contributed by atoms with E-state index in [2.05, 4.69) is 40.6 Å². The number of hydrogen-bond donors (Lipinski definition) is 2. The Morgan fingerprint density at radius 1 is 1.37 bits per heavy atom. The average Bonchev–Trinajstić information content (AvgIpc) is 2.82. The van der Waals surface area contributed by atoms with Crippen molar-refractivity contribution in [2.45, 2.75) is 50.1 Å². The highest BCUT2D eigenvalue weighted by molar-refractivity contribution is 7.89. The van der Waals surface area contributed by atoms with Gasteiger partial charge >= 0.3 is 0 Å². The Morgan fingerprint density at radius 3 is 2.47 bits per heavy atom. The molecule has 2 rings (SSSR count). The average molecular weight is 286 g/mol. The maximum absolute atomic E-state index is 12.1. The molecule has 0 saturated carbocycles.